The zero-order valence-electron chi connectivity index (χ0n) is 13.8. The van der Waals surface area contributed by atoms with E-state index in [0.29, 0.717) is 40.6 Å². The Balaban J connectivity index is 1.68. The van der Waals surface area contributed by atoms with E-state index in [9.17, 15) is 4.79 Å². The Morgan fingerprint density at radius 2 is 2.00 bits per heavy atom. The van der Waals surface area contributed by atoms with Gasteiger partial charge in [0.25, 0.3) is 0 Å². The van der Waals surface area contributed by atoms with Gasteiger partial charge in [-0.2, -0.15) is 0 Å². The van der Waals surface area contributed by atoms with Gasteiger partial charge in [-0.25, -0.2) is 9.36 Å². The fraction of sp³-hybridized carbons (Fsp3) is 0.375. The highest BCUT2D eigenvalue weighted by Gasteiger charge is 2.29. The number of nitrogens with zero attached hydrogens (tertiary/aromatic N) is 4. The smallest absolute Gasteiger partial charge is 0.442 e. The topological polar surface area (TPSA) is 105 Å². The van der Waals surface area contributed by atoms with Gasteiger partial charge in [0.15, 0.2) is 17.3 Å². The monoisotopic (exact) mass is 344 g/mol. The molecule has 0 radical (unpaired) electrons. The van der Waals surface area contributed by atoms with E-state index in [2.05, 4.69) is 15.4 Å². The molecule has 1 saturated carbocycles. The standard InChI is InChI=1S/C16H16N4O5/c1-22-11-6-5-10(7-12(11)23-2)14-19-25-16(21)20(14)8-13-17-18-15(24-13)9-3-4-9/h5-7,9H,3-4,8H2,1-2H3. The first-order valence-corrected chi connectivity index (χ1v) is 7.80. The van der Waals surface area contributed by atoms with Crippen molar-refractivity contribution in [1.29, 1.82) is 0 Å². The maximum atomic E-state index is 12.0. The van der Waals surface area contributed by atoms with Crippen molar-refractivity contribution >= 4 is 0 Å². The number of aromatic nitrogens is 4. The summed E-state index contributed by atoms with van der Waals surface area (Å²) in [5, 5.41) is 11.9. The normalized spacial score (nSPS) is 13.8. The van der Waals surface area contributed by atoms with E-state index in [1.165, 1.54) is 11.7 Å². The first-order valence-electron chi connectivity index (χ1n) is 7.80. The molecular formula is C16H16N4O5. The molecule has 2 heterocycles. The van der Waals surface area contributed by atoms with Crippen LogP contribution in [-0.4, -0.2) is 34.1 Å². The zero-order valence-corrected chi connectivity index (χ0v) is 13.8. The summed E-state index contributed by atoms with van der Waals surface area (Å²) in [5.74, 6) is 2.16. The highest BCUT2D eigenvalue weighted by Crippen LogP contribution is 2.39. The van der Waals surface area contributed by atoms with E-state index in [1.54, 1.807) is 25.3 Å². The third kappa shape index (κ3) is 2.88. The molecule has 0 bridgehead atoms. The summed E-state index contributed by atoms with van der Waals surface area (Å²) in [6.45, 7) is 0.0890. The lowest BCUT2D eigenvalue weighted by molar-refractivity contribution is 0.355. The van der Waals surface area contributed by atoms with Crippen molar-refractivity contribution in [3.05, 3.63) is 40.5 Å². The van der Waals surface area contributed by atoms with E-state index < -0.39 is 5.76 Å². The second kappa shape index (κ2) is 6.08. The van der Waals surface area contributed by atoms with Crippen LogP contribution in [0, 0.1) is 0 Å². The van der Waals surface area contributed by atoms with Crippen molar-refractivity contribution in [2.75, 3.05) is 14.2 Å². The van der Waals surface area contributed by atoms with Crippen LogP contribution in [0.4, 0.5) is 0 Å². The van der Waals surface area contributed by atoms with E-state index in [0.717, 1.165) is 12.8 Å². The molecule has 0 N–H and O–H groups in total. The molecule has 9 heteroatoms. The lowest BCUT2D eigenvalue weighted by Gasteiger charge is -2.09. The van der Waals surface area contributed by atoms with Crippen molar-refractivity contribution in [1.82, 2.24) is 19.9 Å². The highest BCUT2D eigenvalue weighted by molar-refractivity contribution is 5.61. The molecule has 0 atom stereocenters. The minimum atomic E-state index is -0.601. The molecule has 0 aliphatic heterocycles. The largest absolute Gasteiger partial charge is 0.493 e. The average Bonchev–Trinajstić information content (AvgIpc) is 3.28. The summed E-state index contributed by atoms with van der Waals surface area (Å²) in [6.07, 6.45) is 2.12. The van der Waals surface area contributed by atoms with E-state index in [-0.39, 0.29) is 6.54 Å². The fourth-order valence-electron chi connectivity index (χ4n) is 2.55. The van der Waals surface area contributed by atoms with Crippen LogP contribution in [-0.2, 0) is 6.54 Å². The summed E-state index contributed by atoms with van der Waals surface area (Å²) in [6, 6.07) is 5.21. The van der Waals surface area contributed by atoms with E-state index >= 15 is 0 Å². The molecule has 0 amide bonds. The minimum absolute atomic E-state index is 0.0890. The second-order valence-corrected chi connectivity index (χ2v) is 5.74. The molecule has 9 nitrogen and oxygen atoms in total. The Bertz CT molecular complexity index is 954. The molecule has 1 aliphatic carbocycles. The van der Waals surface area contributed by atoms with Gasteiger partial charge in [-0.1, -0.05) is 5.16 Å². The summed E-state index contributed by atoms with van der Waals surface area (Å²) >= 11 is 0. The number of hydrogen-bond acceptors (Lipinski definition) is 8. The van der Waals surface area contributed by atoms with Crippen molar-refractivity contribution in [3.8, 4) is 22.9 Å². The highest BCUT2D eigenvalue weighted by atomic mass is 16.5. The Morgan fingerprint density at radius 3 is 2.72 bits per heavy atom. The summed E-state index contributed by atoms with van der Waals surface area (Å²) < 4.78 is 22.3. The van der Waals surface area contributed by atoms with Crippen LogP contribution in [0.5, 0.6) is 11.5 Å². The molecule has 3 aromatic rings. The van der Waals surface area contributed by atoms with Crippen LogP contribution in [0.1, 0.15) is 30.5 Å². The molecule has 0 unspecified atom stereocenters. The molecule has 1 fully saturated rings. The van der Waals surface area contributed by atoms with Crippen molar-refractivity contribution in [2.24, 2.45) is 0 Å². The third-order valence-corrected chi connectivity index (χ3v) is 4.03. The predicted molar refractivity (Wildman–Crippen MR) is 84.7 cm³/mol. The van der Waals surface area contributed by atoms with Gasteiger partial charge in [-0.3, -0.25) is 4.52 Å². The summed E-state index contributed by atoms with van der Waals surface area (Å²) in [4.78, 5) is 12.0. The zero-order chi connectivity index (χ0) is 17.4. The molecule has 0 spiro atoms. The number of benzene rings is 1. The number of methoxy groups -OCH3 is 2. The number of hydrogen-bond donors (Lipinski definition) is 0. The van der Waals surface area contributed by atoms with Crippen LogP contribution in [0.2, 0.25) is 0 Å². The molecule has 4 rings (SSSR count). The van der Waals surface area contributed by atoms with Crippen LogP contribution in [0.25, 0.3) is 11.4 Å². The average molecular weight is 344 g/mol. The van der Waals surface area contributed by atoms with Gasteiger partial charge in [0.1, 0.15) is 6.54 Å². The molecule has 0 saturated heterocycles. The second-order valence-electron chi connectivity index (χ2n) is 5.74. The van der Waals surface area contributed by atoms with Crippen LogP contribution in [0.3, 0.4) is 0 Å². The van der Waals surface area contributed by atoms with Crippen molar-refractivity contribution in [2.45, 2.75) is 25.3 Å². The number of rotatable bonds is 6. The summed E-state index contributed by atoms with van der Waals surface area (Å²) in [7, 11) is 3.09. The third-order valence-electron chi connectivity index (χ3n) is 4.03. The molecule has 1 aromatic carbocycles. The van der Waals surface area contributed by atoms with E-state index in [1.807, 2.05) is 0 Å². The van der Waals surface area contributed by atoms with E-state index in [4.69, 9.17) is 18.4 Å². The molecule has 130 valence electrons. The first-order chi connectivity index (χ1) is 12.2. The van der Waals surface area contributed by atoms with Crippen molar-refractivity contribution < 1.29 is 18.4 Å². The van der Waals surface area contributed by atoms with Gasteiger partial charge >= 0.3 is 5.76 Å². The van der Waals surface area contributed by atoms with Gasteiger partial charge in [0, 0.05) is 11.5 Å². The molecule has 25 heavy (non-hydrogen) atoms. The van der Waals surface area contributed by atoms with Gasteiger partial charge in [0.05, 0.1) is 14.2 Å². The predicted octanol–water partition coefficient (Wildman–Crippen LogP) is 1.83. The SMILES string of the molecule is COc1ccc(-c2noc(=O)n2Cc2nnc(C3CC3)o2)cc1OC. The van der Waals surface area contributed by atoms with Crippen molar-refractivity contribution in [3.63, 3.8) is 0 Å². The van der Waals surface area contributed by atoms with Gasteiger partial charge in [-0.05, 0) is 31.0 Å². The molecular weight excluding hydrogens is 328 g/mol. The lowest BCUT2D eigenvalue weighted by Crippen LogP contribution is -2.16. The molecule has 1 aliphatic rings. The van der Waals surface area contributed by atoms with Crippen LogP contribution < -0.4 is 15.2 Å². The van der Waals surface area contributed by atoms with Gasteiger partial charge in [-0.15, -0.1) is 10.2 Å². The maximum absolute atomic E-state index is 12.0. The number of ether oxygens (including phenoxy) is 2. The lowest BCUT2D eigenvalue weighted by atomic mass is 10.2. The summed E-state index contributed by atoms with van der Waals surface area (Å²) in [5.41, 5.74) is 0.644. The molecule has 2 aromatic heterocycles. The Morgan fingerprint density at radius 1 is 1.20 bits per heavy atom. The van der Waals surface area contributed by atoms with Gasteiger partial charge in [0.2, 0.25) is 11.8 Å². The van der Waals surface area contributed by atoms with Crippen LogP contribution in [0.15, 0.2) is 31.9 Å². The fourth-order valence-corrected chi connectivity index (χ4v) is 2.55. The minimum Gasteiger partial charge on any atom is -0.493 e. The Hall–Kier alpha value is -3.10. The first kappa shape index (κ1) is 15.4. The maximum Gasteiger partial charge on any atom is 0.442 e. The van der Waals surface area contributed by atoms with Crippen LogP contribution >= 0.6 is 0 Å². The van der Waals surface area contributed by atoms with Gasteiger partial charge < -0.3 is 13.9 Å². The Kier molecular flexibility index (Phi) is 3.75. The Labute approximate surface area is 142 Å². The quantitative estimate of drug-likeness (QED) is 0.667.